The number of esters is 1. The zero-order valence-electron chi connectivity index (χ0n) is 14.5. The summed E-state index contributed by atoms with van der Waals surface area (Å²) in [5.41, 5.74) is 1.03. The normalized spacial score (nSPS) is 10.6. The first-order chi connectivity index (χ1) is 13.0. The summed E-state index contributed by atoms with van der Waals surface area (Å²) in [6, 6.07) is 9.98. The first-order valence-electron chi connectivity index (χ1n) is 7.87. The van der Waals surface area contributed by atoms with E-state index < -0.39 is 10.9 Å². The lowest BCUT2D eigenvalue weighted by atomic mass is 10.2. The molecule has 0 aliphatic carbocycles. The number of nitrogens with zero attached hydrogens (tertiary/aromatic N) is 3. The molecule has 0 bridgehead atoms. The Labute approximate surface area is 163 Å². The molecule has 0 aliphatic heterocycles. The van der Waals surface area contributed by atoms with Crippen molar-refractivity contribution in [2.45, 2.75) is 18.6 Å². The van der Waals surface area contributed by atoms with Crippen LogP contribution in [0.15, 0.2) is 46.8 Å². The van der Waals surface area contributed by atoms with Crippen LogP contribution in [0.4, 0.5) is 5.69 Å². The van der Waals surface area contributed by atoms with Gasteiger partial charge in [0, 0.05) is 6.07 Å². The minimum Gasteiger partial charge on any atom is -0.457 e. The number of nitro groups is 1. The summed E-state index contributed by atoms with van der Waals surface area (Å²) in [7, 11) is 0. The molecule has 0 saturated carbocycles. The Balaban J connectivity index is 1.86. The summed E-state index contributed by atoms with van der Waals surface area (Å²) >= 11 is 2.84. The number of thiophene rings is 1. The number of ether oxygens (including phenoxy) is 1. The monoisotopic (exact) mass is 401 g/mol. The second-order valence-electron chi connectivity index (χ2n) is 5.46. The van der Waals surface area contributed by atoms with Crippen molar-refractivity contribution in [3.8, 4) is 10.7 Å². The van der Waals surface area contributed by atoms with Gasteiger partial charge in [0.1, 0.15) is 17.2 Å². The van der Waals surface area contributed by atoms with Crippen molar-refractivity contribution in [2.24, 2.45) is 0 Å². The molecule has 27 heavy (non-hydrogen) atoms. The van der Waals surface area contributed by atoms with Gasteiger partial charge in [0.2, 0.25) is 0 Å². The molecule has 0 amide bonds. The number of carbonyl (C=O) groups is 1. The molecular formula is C18H15N3O4S2. The predicted molar refractivity (Wildman–Crippen MR) is 104 cm³/mol. The number of benzene rings is 1. The van der Waals surface area contributed by atoms with Crippen molar-refractivity contribution < 1.29 is 14.5 Å². The van der Waals surface area contributed by atoms with Crippen molar-refractivity contribution in [1.29, 1.82) is 0 Å². The molecule has 9 heteroatoms. The third-order valence-corrected chi connectivity index (χ3v) is 5.29. The zero-order valence-corrected chi connectivity index (χ0v) is 16.2. The van der Waals surface area contributed by atoms with Gasteiger partial charge in [-0.25, -0.2) is 14.8 Å². The van der Waals surface area contributed by atoms with Crippen LogP contribution in [0.2, 0.25) is 0 Å². The van der Waals surface area contributed by atoms with Crippen molar-refractivity contribution in [1.82, 2.24) is 9.97 Å². The molecular weight excluding hydrogens is 386 g/mol. The van der Waals surface area contributed by atoms with Crippen LogP contribution in [0.1, 0.15) is 21.6 Å². The lowest BCUT2D eigenvalue weighted by molar-refractivity contribution is -0.385. The number of thioether (sulfide) groups is 1. The topological polar surface area (TPSA) is 95.2 Å². The third-order valence-electron chi connectivity index (χ3n) is 3.74. The van der Waals surface area contributed by atoms with Crippen LogP contribution >= 0.6 is 23.1 Å². The fourth-order valence-electron chi connectivity index (χ4n) is 2.47. The highest BCUT2D eigenvalue weighted by atomic mass is 32.2. The minimum atomic E-state index is -0.604. The maximum Gasteiger partial charge on any atom is 0.343 e. The van der Waals surface area contributed by atoms with Crippen LogP contribution in [0.25, 0.3) is 10.7 Å². The lowest BCUT2D eigenvalue weighted by Crippen LogP contribution is -2.12. The molecule has 0 spiro atoms. The predicted octanol–water partition coefficient (Wildman–Crippen LogP) is 4.50. The van der Waals surface area contributed by atoms with E-state index >= 15 is 0 Å². The van der Waals surface area contributed by atoms with E-state index in [1.807, 2.05) is 23.8 Å². The van der Waals surface area contributed by atoms with E-state index in [9.17, 15) is 14.9 Å². The maximum absolute atomic E-state index is 12.6. The van der Waals surface area contributed by atoms with Gasteiger partial charge >= 0.3 is 5.97 Å². The standard InChI is InChI=1S/C18H15N3O4S2/c1-11-15(17(26-2)20-16(19-11)14-8-5-9-27-14)18(22)25-10-12-6-3-4-7-13(12)21(23)24/h3-9H,10H2,1-2H3. The van der Waals surface area contributed by atoms with E-state index in [-0.39, 0.29) is 17.9 Å². The Kier molecular flexibility index (Phi) is 5.82. The summed E-state index contributed by atoms with van der Waals surface area (Å²) in [5.74, 6) is -0.0465. The number of para-hydroxylation sites is 1. The SMILES string of the molecule is CSc1nc(-c2cccs2)nc(C)c1C(=O)OCc1ccccc1[N+](=O)[O-]. The molecule has 138 valence electrons. The van der Waals surface area contributed by atoms with Crippen molar-refractivity contribution >= 4 is 34.8 Å². The van der Waals surface area contributed by atoms with Gasteiger partial charge in [-0.1, -0.05) is 18.2 Å². The van der Waals surface area contributed by atoms with Crippen molar-refractivity contribution in [3.63, 3.8) is 0 Å². The highest BCUT2D eigenvalue weighted by Gasteiger charge is 2.22. The first-order valence-corrected chi connectivity index (χ1v) is 9.97. The van der Waals surface area contributed by atoms with Gasteiger partial charge in [-0.15, -0.1) is 23.1 Å². The molecule has 2 aromatic heterocycles. The third kappa shape index (κ3) is 4.15. The number of aromatic nitrogens is 2. The highest BCUT2D eigenvalue weighted by Crippen LogP contribution is 2.28. The van der Waals surface area contributed by atoms with Gasteiger partial charge in [0.05, 0.1) is 21.1 Å². The number of hydrogen-bond donors (Lipinski definition) is 0. The lowest BCUT2D eigenvalue weighted by Gasteiger charge is -2.11. The number of rotatable bonds is 6. The second-order valence-corrected chi connectivity index (χ2v) is 7.20. The van der Waals surface area contributed by atoms with Gasteiger partial charge in [0.15, 0.2) is 5.82 Å². The Bertz CT molecular complexity index is 990. The Morgan fingerprint density at radius 1 is 1.26 bits per heavy atom. The van der Waals surface area contributed by atoms with Crippen LogP contribution in [-0.4, -0.2) is 27.1 Å². The molecule has 0 unspecified atom stereocenters. The summed E-state index contributed by atoms with van der Waals surface area (Å²) in [4.78, 5) is 33.0. The number of hydrogen-bond acceptors (Lipinski definition) is 8. The summed E-state index contributed by atoms with van der Waals surface area (Å²) in [6.07, 6.45) is 1.82. The first kappa shape index (κ1) is 19.0. The molecule has 0 radical (unpaired) electrons. The van der Waals surface area contributed by atoms with Crippen LogP contribution in [-0.2, 0) is 11.3 Å². The zero-order chi connectivity index (χ0) is 19.4. The number of nitro benzene ring substituents is 1. The molecule has 2 heterocycles. The Hall–Kier alpha value is -2.78. The maximum atomic E-state index is 12.6. The smallest absolute Gasteiger partial charge is 0.343 e. The summed E-state index contributed by atoms with van der Waals surface area (Å²) in [6.45, 7) is 1.52. The van der Waals surface area contributed by atoms with Gasteiger partial charge in [-0.3, -0.25) is 10.1 Å². The summed E-state index contributed by atoms with van der Waals surface area (Å²) < 4.78 is 5.32. The van der Waals surface area contributed by atoms with Crippen LogP contribution < -0.4 is 0 Å². The Morgan fingerprint density at radius 2 is 2.04 bits per heavy atom. The number of carbonyl (C=O) groups excluding carboxylic acids is 1. The molecule has 7 nitrogen and oxygen atoms in total. The van der Waals surface area contributed by atoms with E-state index in [1.54, 1.807) is 25.1 Å². The molecule has 0 saturated heterocycles. The van der Waals surface area contributed by atoms with E-state index in [2.05, 4.69) is 9.97 Å². The van der Waals surface area contributed by atoms with Crippen LogP contribution in [0.5, 0.6) is 0 Å². The molecule has 1 aromatic carbocycles. The van der Waals surface area contributed by atoms with E-state index in [1.165, 1.54) is 29.2 Å². The quantitative estimate of drug-likeness (QED) is 0.197. The average molecular weight is 401 g/mol. The van der Waals surface area contributed by atoms with Crippen molar-refractivity contribution in [2.75, 3.05) is 6.26 Å². The molecule has 3 aromatic rings. The molecule has 3 rings (SSSR count). The largest absolute Gasteiger partial charge is 0.457 e. The molecule has 0 N–H and O–H groups in total. The fraction of sp³-hybridized carbons (Fsp3) is 0.167. The van der Waals surface area contributed by atoms with Gasteiger partial charge in [-0.05, 0) is 30.7 Å². The van der Waals surface area contributed by atoms with Crippen LogP contribution in [0.3, 0.4) is 0 Å². The highest BCUT2D eigenvalue weighted by molar-refractivity contribution is 7.98. The minimum absolute atomic E-state index is 0.0867. The Morgan fingerprint density at radius 3 is 2.70 bits per heavy atom. The molecule has 0 fully saturated rings. The van der Waals surface area contributed by atoms with E-state index in [0.29, 0.717) is 22.1 Å². The summed E-state index contributed by atoms with van der Waals surface area (Å²) in [5, 5.41) is 13.5. The van der Waals surface area contributed by atoms with Crippen LogP contribution in [0, 0.1) is 17.0 Å². The second kappa shape index (κ2) is 8.28. The molecule has 0 atom stereocenters. The molecule has 0 aliphatic rings. The average Bonchev–Trinajstić information content (AvgIpc) is 3.20. The van der Waals surface area contributed by atoms with E-state index in [0.717, 1.165) is 4.88 Å². The van der Waals surface area contributed by atoms with Crippen molar-refractivity contribution in [3.05, 3.63) is 68.7 Å². The van der Waals surface area contributed by atoms with E-state index in [4.69, 9.17) is 4.74 Å². The van der Waals surface area contributed by atoms with Gasteiger partial charge in [0.25, 0.3) is 5.69 Å². The van der Waals surface area contributed by atoms with Gasteiger partial charge < -0.3 is 4.74 Å². The van der Waals surface area contributed by atoms with Gasteiger partial charge in [-0.2, -0.15) is 0 Å². The number of aryl methyl sites for hydroxylation is 1. The fourth-order valence-corrected chi connectivity index (χ4v) is 3.74.